The fraction of sp³-hybridized carbons (Fsp3) is 0.933. The van der Waals surface area contributed by atoms with E-state index >= 15 is 0 Å². The lowest BCUT2D eigenvalue weighted by Crippen LogP contribution is -2.45. The molecule has 1 heterocycles. The van der Waals surface area contributed by atoms with Gasteiger partial charge < -0.3 is 5.32 Å². The quantitative estimate of drug-likeness (QED) is 0.836. The third-order valence-corrected chi connectivity index (χ3v) is 4.75. The van der Waals surface area contributed by atoms with Crippen molar-refractivity contribution in [1.82, 2.24) is 10.2 Å². The highest BCUT2D eigenvalue weighted by Gasteiger charge is 2.66. The summed E-state index contributed by atoms with van der Waals surface area (Å²) in [6, 6.07) is 1.93. The minimum absolute atomic E-state index is 0.102. The highest BCUT2D eigenvalue weighted by molar-refractivity contribution is 5.72. The molecule has 2 aliphatic rings. The molecular weight excluding hydrogens is 224 g/mol. The number of carbonyl (C=O) groups excluding carboxylic acids is 1. The topological polar surface area (TPSA) is 32.3 Å². The molecular formula is C15H28N2O. The zero-order chi connectivity index (χ0) is 13.7. The van der Waals surface area contributed by atoms with E-state index < -0.39 is 0 Å². The summed E-state index contributed by atoms with van der Waals surface area (Å²) in [5.41, 5.74) is 0.689. The summed E-state index contributed by atoms with van der Waals surface area (Å²) in [6.07, 6.45) is 2.50. The molecule has 1 amide bonds. The molecule has 3 nitrogen and oxygen atoms in total. The molecule has 0 spiro atoms. The molecule has 3 atom stereocenters. The van der Waals surface area contributed by atoms with E-state index in [0.717, 1.165) is 6.54 Å². The average Bonchev–Trinajstić information content (AvgIpc) is 2.79. The maximum atomic E-state index is 11.1. The summed E-state index contributed by atoms with van der Waals surface area (Å²) in [5.74, 6) is 0.102. The van der Waals surface area contributed by atoms with Crippen LogP contribution in [-0.4, -0.2) is 35.5 Å². The van der Waals surface area contributed by atoms with Crippen LogP contribution in [0.2, 0.25) is 0 Å². The van der Waals surface area contributed by atoms with Gasteiger partial charge in [-0.3, -0.25) is 9.69 Å². The molecule has 1 aliphatic heterocycles. The predicted octanol–water partition coefficient (Wildman–Crippen LogP) is 2.41. The molecule has 18 heavy (non-hydrogen) atoms. The summed E-state index contributed by atoms with van der Waals surface area (Å²) in [6.45, 7) is 14.1. The fourth-order valence-corrected chi connectivity index (χ4v) is 3.71. The van der Waals surface area contributed by atoms with Crippen LogP contribution >= 0.6 is 0 Å². The van der Waals surface area contributed by atoms with Gasteiger partial charge in [-0.1, -0.05) is 20.8 Å². The molecule has 0 aromatic heterocycles. The van der Waals surface area contributed by atoms with Crippen LogP contribution < -0.4 is 5.32 Å². The number of likely N-dealkylation sites (tertiary alicyclic amines) is 1. The molecule has 2 fully saturated rings. The summed E-state index contributed by atoms with van der Waals surface area (Å²) < 4.78 is 0. The van der Waals surface area contributed by atoms with Crippen LogP contribution in [0.15, 0.2) is 0 Å². The number of piperidine rings is 1. The number of nitrogens with one attached hydrogen (secondary N) is 1. The van der Waals surface area contributed by atoms with Crippen molar-refractivity contribution in [2.75, 3.05) is 6.54 Å². The lowest BCUT2D eigenvalue weighted by atomic mass is 9.81. The van der Waals surface area contributed by atoms with E-state index in [-0.39, 0.29) is 5.91 Å². The van der Waals surface area contributed by atoms with Crippen LogP contribution in [0.25, 0.3) is 0 Å². The Hall–Kier alpha value is -0.570. The van der Waals surface area contributed by atoms with Gasteiger partial charge in [0.2, 0.25) is 5.91 Å². The van der Waals surface area contributed by atoms with Crippen molar-refractivity contribution in [2.24, 2.45) is 10.8 Å². The number of fused-ring (bicyclic) bond motifs is 1. The van der Waals surface area contributed by atoms with Crippen molar-refractivity contribution in [2.45, 2.75) is 72.5 Å². The zero-order valence-electron chi connectivity index (χ0n) is 12.7. The lowest BCUT2D eigenvalue weighted by Gasteiger charge is -2.39. The maximum absolute atomic E-state index is 11.1. The van der Waals surface area contributed by atoms with Crippen LogP contribution in [-0.2, 0) is 4.79 Å². The second-order valence-corrected chi connectivity index (χ2v) is 7.62. The van der Waals surface area contributed by atoms with E-state index in [1.807, 2.05) is 0 Å². The first-order valence-corrected chi connectivity index (χ1v) is 7.19. The Morgan fingerprint density at radius 3 is 2.39 bits per heavy atom. The molecule has 1 aliphatic carbocycles. The Bertz CT molecular complexity index is 345. The number of hydrogen-bond donors (Lipinski definition) is 1. The second-order valence-electron chi connectivity index (χ2n) is 7.62. The standard InChI is InChI=1S/C15H28N2O/c1-10(2)17-12(14(4,5)6)7-15(8-13(15)17)9-16-11(3)18/h10,12-13H,7-9H2,1-6H3,(H,16,18)/t12-,13?,15-/m0/s1. The minimum Gasteiger partial charge on any atom is -0.356 e. The number of rotatable bonds is 3. The smallest absolute Gasteiger partial charge is 0.216 e. The SMILES string of the molecule is CC(=O)NC[C@]12CC1N(C(C)C)[C@H](C(C)(C)C)C2. The van der Waals surface area contributed by atoms with Gasteiger partial charge >= 0.3 is 0 Å². The predicted molar refractivity (Wildman–Crippen MR) is 74.4 cm³/mol. The van der Waals surface area contributed by atoms with Gasteiger partial charge in [-0.15, -0.1) is 0 Å². The third-order valence-electron chi connectivity index (χ3n) is 4.75. The van der Waals surface area contributed by atoms with E-state index in [9.17, 15) is 4.79 Å². The Balaban J connectivity index is 2.10. The van der Waals surface area contributed by atoms with Gasteiger partial charge in [0.15, 0.2) is 0 Å². The van der Waals surface area contributed by atoms with Crippen LogP contribution in [0.5, 0.6) is 0 Å². The molecule has 104 valence electrons. The van der Waals surface area contributed by atoms with Gasteiger partial charge in [0.25, 0.3) is 0 Å². The highest BCUT2D eigenvalue weighted by Crippen LogP contribution is 2.62. The van der Waals surface area contributed by atoms with E-state index in [1.165, 1.54) is 12.8 Å². The van der Waals surface area contributed by atoms with Crippen molar-refractivity contribution in [3.8, 4) is 0 Å². The second kappa shape index (κ2) is 4.22. The van der Waals surface area contributed by atoms with Crippen molar-refractivity contribution in [1.29, 1.82) is 0 Å². The molecule has 1 saturated carbocycles. The van der Waals surface area contributed by atoms with Crippen LogP contribution in [0, 0.1) is 10.8 Å². The van der Waals surface area contributed by atoms with E-state index in [1.54, 1.807) is 6.92 Å². The van der Waals surface area contributed by atoms with Crippen molar-refractivity contribution >= 4 is 5.91 Å². The first-order valence-electron chi connectivity index (χ1n) is 7.19. The van der Waals surface area contributed by atoms with Gasteiger partial charge in [-0.25, -0.2) is 0 Å². The van der Waals surface area contributed by atoms with Gasteiger partial charge in [-0.2, -0.15) is 0 Å². The molecule has 1 unspecified atom stereocenters. The van der Waals surface area contributed by atoms with Crippen LogP contribution in [0.4, 0.5) is 0 Å². The molecule has 1 saturated heterocycles. The first-order chi connectivity index (χ1) is 8.17. The Morgan fingerprint density at radius 1 is 1.39 bits per heavy atom. The number of nitrogens with zero attached hydrogens (tertiary/aromatic N) is 1. The van der Waals surface area contributed by atoms with Gasteiger partial charge in [0.1, 0.15) is 0 Å². The monoisotopic (exact) mass is 252 g/mol. The maximum Gasteiger partial charge on any atom is 0.216 e. The lowest BCUT2D eigenvalue weighted by molar-refractivity contribution is -0.119. The van der Waals surface area contributed by atoms with E-state index in [0.29, 0.717) is 29.0 Å². The third kappa shape index (κ3) is 2.29. The normalized spacial score (nSPS) is 35.7. The largest absolute Gasteiger partial charge is 0.356 e. The van der Waals surface area contributed by atoms with Crippen LogP contribution in [0.1, 0.15) is 54.4 Å². The summed E-state index contributed by atoms with van der Waals surface area (Å²) >= 11 is 0. The molecule has 3 heteroatoms. The number of hydrogen-bond acceptors (Lipinski definition) is 2. The Kier molecular flexibility index (Phi) is 3.25. The molecule has 0 radical (unpaired) electrons. The van der Waals surface area contributed by atoms with Crippen molar-refractivity contribution < 1.29 is 4.79 Å². The first kappa shape index (κ1) is 13.9. The van der Waals surface area contributed by atoms with Crippen LogP contribution in [0.3, 0.4) is 0 Å². The van der Waals surface area contributed by atoms with Gasteiger partial charge in [0.05, 0.1) is 0 Å². The molecule has 0 aromatic rings. The Labute approximate surface area is 111 Å². The van der Waals surface area contributed by atoms with Crippen molar-refractivity contribution in [3.05, 3.63) is 0 Å². The minimum atomic E-state index is 0.102. The summed E-state index contributed by atoms with van der Waals surface area (Å²) in [4.78, 5) is 13.8. The molecule has 2 rings (SSSR count). The molecule has 0 aromatic carbocycles. The van der Waals surface area contributed by atoms with Crippen molar-refractivity contribution in [3.63, 3.8) is 0 Å². The average molecular weight is 252 g/mol. The Morgan fingerprint density at radius 2 is 2.00 bits per heavy atom. The van der Waals surface area contributed by atoms with Gasteiger partial charge in [-0.05, 0) is 32.1 Å². The van der Waals surface area contributed by atoms with E-state index in [2.05, 4.69) is 44.8 Å². The zero-order valence-corrected chi connectivity index (χ0v) is 12.7. The number of carbonyl (C=O) groups is 1. The highest BCUT2D eigenvalue weighted by atomic mass is 16.1. The van der Waals surface area contributed by atoms with E-state index in [4.69, 9.17) is 0 Å². The summed E-state index contributed by atoms with van der Waals surface area (Å²) in [5, 5.41) is 3.04. The van der Waals surface area contributed by atoms with Gasteiger partial charge in [0, 0.05) is 37.0 Å². The number of amides is 1. The molecule has 0 bridgehead atoms. The molecule has 1 N–H and O–H groups in total. The summed E-state index contributed by atoms with van der Waals surface area (Å²) in [7, 11) is 0. The fourth-order valence-electron chi connectivity index (χ4n) is 3.71.